The molecule has 0 heterocycles. The first-order chi connectivity index (χ1) is 10.6. The minimum Gasteiger partial charge on any atom is -0.481 e. The topological polar surface area (TPSA) is 37.3 Å². The largest absolute Gasteiger partial charge is 0.481 e. The lowest BCUT2D eigenvalue weighted by Crippen LogP contribution is -1.92. The van der Waals surface area contributed by atoms with Crippen molar-refractivity contribution in [2.45, 2.75) is 78.1 Å². The maximum absolute atomic E-state index is 10.4. The van der Waals surface area contributed by atoms with Crippen molar-refractivity contribution in [2.75, 3.05) is 0 Å². The lowest BCUT2D eigenvalue weighted by Gasteiger charge is -2.01. The van der Waals surface area contributed by atoms with Crippen LogP contribution in [0.5, 0.6) is 0 Å². The average Bonchev–Trinajstić information content (AvgIpc) is 3.21. The normalized spacial score (nSPS) is 21.4. The summed E-state index contributed by atoms with van der Waals surface area (Å²) in [5, 5.41) is 8.55. The Bertz CT molecular complexity index is 400. The predicted molar refractivity (Wildman–Crippen MR) is 92.5 cm³/mol. The molecule has 0 aromatic carbocycles. The molecular formula is C20H32O2. The molecule has 1 fully saturated rings. The molecule has 0 bridgehead atoms. The van der Waals surface area contributed by atoms with Crippen molar-refractivity contribution in [1.82, 2.24) is 0 Å². The van der Waals surface area contributed by atoms with Crippen LogP contribution in [0.15, 0.2) is 12.2 Å². The summed E-state index contributed by atoms with van der Waals surface area (Å²) in [7, 11) is 0. The van der Waals surface area contributed by atoms with E-state index in [2.05, 4.69) is 37.8 Å². The molecule has 0 amide bonds. The molecule has 0 saturated heterocycles. The fraction of sp³-hybridized carbons (Fsp3) is 0.750. The van der Waals surface area contributed by atoms with Crippen LogP contribution in [0.25, 0.3) is 0 Å². The molecule has 3 atom stereocenters. The lowest BCUT2D eigenvalue weighted by atomic mass is 10.0. The molecule has 1 saturated carbocycles. The van der Waals surface area contributed by atoms with Crippen molar-refractivity contribution in [3.8, 4) is 11.8 Å². The third kappa shape index (κ3) is 9.66. The average molecular weight is 304 g/mol. The molecular weight excluding hydrogens is 272 g/mol. The fourth-order valence-electron chi connectivity index (χ4n) is 2.75. The highest BCUT2D eigenvalue weighted by molar-refractivity contribution is 5.66. The van der Waals surface area contributed by atoms with Gasteiger partial charge in [-0.2, -0.15) is 0 Å². The van der Waals surface area contributed by atoms with E-state index < -0.39 is 5.97 Å². The van der Waals surface area contributed by atoms with Crippen LogP contribution in [0, 0.1) is 29.6 Å². The van der Waals surface area contributed by atoms with Crippen LogP contribution in [0.1, 0.15) is 78.1 Å². The van der Waals surface area contributed by atoms with E-state index in [9.17, 15) is 4.79 Å². The highest BCUT2D eigenvalue weighted by Gasteiger charge is 2.34. The van der Waals surface area contributed by atoms with Crippen molar-refractivity contribution < 1.29 is 9.90 Å². The minimum absolute atomic E-state index is 0.280. The van der Waals surface area contributed by atoms with Crippen molar-refractivity contribution in [1.29, 1.82) is 0 Å². The first kappa shape index (κ1) is 18.8. The lowest BCUT2D eigenvalue weighted by molar-refractivity contribution is -0.137. The van der Waals surface area contributed by atoms with E-state index in [1.54, 1.807) is 0 Å². The third-order valence-electron chi connectivity index (χ3n) is 4.39. The number of rotatable bonds is 11. The Balaban J connectivity index is 2.02. The van der Waals surface area contributed by atoms with Crippen LogP contribution in [0.4, 0.5) is 0 Å². The number of carboxylic acid groups (broad SMARTS) is 1. The maximum atomic E-state index is 10.4. The van der Waals surface area contributed by atoms with Gasteiger partial charge in [0.15, 0.2) is 0 Å². The molecule has 1 rings (SSSR count). The SMILES string of the molecule is CCCCCC(C)C#CCC1CC1C/C=C/CCCC(=O)O. The number of carboxylic acids is 1. The van der Waals surface area contributed by atoms with E-state index in [1.165, 1.54) is 32.1 Å². The predicted octanol–water partition coefficient (Wildman–Crippen LogP) is 5.43. The molecule has 0 aromatic rings. The number of hydrogen-bond donors (Lipinski definition) is 1. The van der Waals surface area contributed by atoms with Crippen LogP contribution in [-0.2, 0) is 4.79 Å². The van der Waals surface area contributed by atoms with Crippen LogP contribution in [-0.4, -0.2) is 11.1 Å². The maximum Gasteiger partial charge on any atom is 0.303 e. The van der Waals surface area contributed by atoms with E-state index in [0.29, 0.717) is 5.92 Å². The molecule has 124 valence electrons. The minimum atomic E-state index is -0.696. The van der Waals surface area contributed by atoms with Gasteiger partial charge < -0.3 is 5.11 Å². The summed E-state index contributed by atoms with van der Waals surface area (Å²) >= 11 is 0. The number of aliphatic carboxylic acids is 1. The Morgan fingerprint density at radius 3 is 2.82 bits per heavy atom. The smallest absolute Gasteiger partial charge is 0.303 e. The van der Waals surface area contributed by atoms with Crippen molar-refractivity contribution in [3.05, 3.63) is 12.2 Å². The Morgan fingerprint density at radius 2 is 2.09 bits per heavy atom. The van der Waals surface area contributed by atoms with E-state index in [1.807, 2.05) is 0 Å². The summed E-state index contributed by atoms with van der Waals surface area (Å²) in [5.41, 5.74) is 0. The van der Waals surface area contributed by atoms with Gasteiger partial charge in [0.05, 0.1) is 0 Å². The number of carbonyl (C=O) groups is 1. The highest BCUT2D eigenvalue weighted by atomic mass is 16.4. The summed E-state index contributed by atoms with van der Waals surface area (Å²) in [6, 6.07) is 0. The van der Waals surface area contributed by atoms with Crippen LogP contribution >= 0.6 is 0 Å². The second kappa shape index (κ2) is 11.4. The molecule has 1 N–H and O–H groups in total. The third-order valence-corrected chi connectivity index (χ3v) is 4.39. The second-order valence-electron chi connectivity index (χ2n) is 6.67. The van der Waals surface area contributed by atoms with Gasteiger partial charge >= 0.3 is 5.97 Å². The molecule has 2 heteroatoms. The Morgan fingerprint density at radius 1 is 1.27 bits per heavy atom. The van der Waals surface area contributed by atoms with Gasteiger partial charge in [0.25, 0.3) is 0 Å². The molecule has 0 aromatic heterocycles. The van der Waals surface area contributed by atoms with Gasteiger partial charge in [-0.25, -0.2) is 0 Å². The molecule has 22 heavy (non-hydrogen) atoms. The van der Waals surface area contributed by atoms with Gasteiger partial charge in [-0.3, -0.25) is 4.79 Å². The molecule has 2 nitrogen and oxygen atoms in total. The molecule has 0 spiro atoms. The molecule has 1 aliphatic rings. The van der Waals surface area contributed by atoms with Gasteiger partial charge in [-0.1, -0.05) is 45.3 Å². The van der Waals surface area contributed by atoms with E-state index in [-0.39, 0.29) is 6.42 Å². The fourth-order valence-corrected chi connectivity index (χ4v) is 2.75. The van der Waals surface area contributed by atoms with Gasteiger partial charge in [-0.15, -0.1) is 11.8 Å². The van der Waals surface area contributed by atoms with E-state index in [4.69, 9.17) is 5.11 Å². The second-order valence-corrected chi connectivity index (χ2v) is 6.67. The van der Waals surface area contributed by atoms with Crippen molar-refractivity contribution in [3.63, 3.8) is 0 Å². The summed E-state index contributed by atoms with van der Waals surface area (Å²) in [4.78, 5) is 10.4. The van der Waals surface area contributed by atoms with Gasteiger partial charge in [-0.05, 0) is 43.9 Å². The molecule has 3 unspecified atom stereocenters. The zero-order valence-corrected chi connectivity index (χ0v) is 14.3. The van der Waals surface area contributed by atoms with Gasteiger partial charge in [0, 0.05) is 18.8 Å². The first-order valence-electron chi connectivity index (χ1n) is 8.98. The number of hydrogen-bond acceptors (Lipinski definition) is 1. The quantitative estimate of drug-likeness (QED) is 0.314. The number of unbranched alkanes of at least 4 members (excludes halogenated alkanes) is 3. The summed E-state index contributed by atoms with van der Waals surface area (Å²) in [5.74, 6) is 8.27. The number of allylic oxidation sites excluding steroid dienone is 2. The molecule has 0 radical (unpaired) electrons. The summed E-state index contributed by atoms with van der Waals surface area (Å²) in [6.07, 6.45) is 15.0. The van der Waals surface area contributed by atoms with Gasteiger partial charge in [0.1, 0.15) is 0 Å². The monoisotopic (exact) mass is 304 g/mol. The Labute approximate surface area is 136 Å². The Hall–Kier alpha value is -1.23. The first-order valence-corrected chi connectivity index (χ1v) is 8.98. The summed E-state index contributed by atoms with van der Waals surface area (Å²) < 4.78 is 0. The molecule has 0 aliphatic heterocycles. The zero-order chi connectivity index (χ0) is 16.2. The van der Waals surface area contributed by atoms with Crippen LogP contribution in [0.2, 0.25) is 0 Å². The van der Waals surface area contributed by atoms with Crippen LogP contribution in [0.3, 0.4) is 0 Å². The van der Waals surface area contributed by atoms with Crippen molar-refractivity contribution in [2.24, 2.45) is 17.8 Å². The highest BCUT2D eigenvalue weighted by Crippen LogP contribution is 2.43. The van der Waals surface area contributed by atoms with E-state index >= 15 is 0 Å². The standard InChI is InChI=1S/C20H32O2/c1-3-4-7-11-17(2)12-10-14-19-16-18(19)13-8-5-6-9-15-20(21)22/h5,8,17-19H,3-4,6-7,9,11,13-16H2,1-2H3,(H,21,22)/b8-5+. The Kier molecular flexibility index (Phi) is 9.71. The molecule has 1 aliphatic carbocycles. The van der Waals surface area contributed by atoms with Crippen LogP contribution < -0.4 is 0 Å². The summed E-state index contributed by atoms with van der Waals surface area (Å²) in [6.45, 7) is 4.48. The zero-order valence-electron chi connectivity index (χ0n) is 14.3. The van der Waals surface area contributed by atoms with Gasteiger partial charge in [0.2, 0.25) is 0 Å². The van der Waals surface area contributed by atoms with E-state index in [0.717, 1.165) is 37.5 Å². The van der Waals surface area contributed by atoms with Crippen molar-refractivity contribution >= 4 is 5.97 Å².